The maximum atomic E-state index is 10.4. The van der Waals surface area contributed by atoms with Gasteiger partial charge in [0.2, 0.25) is 0 Å². The van der Waals surface area contributed by atoms with Crippen molar-refractivity contribution in [1.29, 1.82) is 0 Å². The van der Waals surface area contributed by atoms with Gasteiger partial charge < -0.3 is 9.13 Å². The Hall–Kier alpha value is -1.91. The van der Waals surface area contributed by atoms with Crippen molar-refractivity contribution in [2.75, 3.05) is 0 Å². The van der Waals surface area contributed by atoms with Crippen LogP contribution in [0.4, 0.5) is 0 Å². The molecular formula is C9H10N4O. The first-order chi connectivity index (χ1) is 6.79. The second-order valence-corrected chi connectivity index (χ2v) is 3.09. The standard InChI is InChI=1S/C9H10N4O/c1-12-7-10-11-9(12)5-13-3-2-8(4-13)6-14/h2-4,6-7H,5H2,1H3. The third-order valence-corrected chi connectivity index (χ3v) is 2.04. The van der Waals surface area contributed by atoms with Crippen LogP contribution < -0.4 is 0 Å². The predicted molar refractivity (Wildman–Crippen MR) is 49.9 cm³/mol. The molecular weight excluding hydrogens is 180 g/mol. The molecule has 0 aliphatic heterocycles. The summed E-state index contributed by atoms with van der Waals surface area (Å²) in [7, 11) is 1.89. The van der Waals surface area contributed by atoms with E-state index in [1.165, 1.54) is 0 Å². The summed E-state index contributed by atoms with van der Waals surface area (Å²) in [5, 5.41) is 7.72. The lowest BCUT2D eigenvalue weighted by molar-refractivity contribution is 0.112. The normalized spacial score (nSPS) is 10.4. The van der Waals surface area contributed by atoms with Gasteiger partial charge in [0, 0.05) is 25.0 Å². The molecule has 5 heteroatoms. The lowest BCUT2D eigenvalue weighted by atomic mass is 10.4. The molecule has 14 heavy (non-hydrogen) atoms. The Morgan fingerprint density at radius 3 is 3.00 bits per heavy atom. The Labute approximate surface area is 81.0 Å². The highest BCUT2D eigenvalue weighted by Crippen LogP contribution is 2.01. The van der Waals surface area contributed by atoms with Crippen molar-refractivity contribution >= 4 is 6.29 Å². The number of hydrogen-bond donors (Lipinski definition) is 0. The van der Waals surface area contributed by atoms with Gasteiger partial charge in [-0.05, 0) is 6.07 Å². The molecule has 0 spiro atoms. The van der Waals surface area contributed by atoms with Crippen LogP contribution in [-0.2, 0) is 13.6 Å². The first kappa shape index (κ1) is 8.68. The van der Waals surface area contributed by atoms with Crippen LogP contribution in [0.5, 0.6) is 0 Å². The maximum absolute atomic E-state index is 10.4. The summed E-state index contributed by atoms with van der Waals surface area (Å²) in [6.45, 7) is 0.629. The van der Waals surface area contributed by atoms with E-state index in [4.69, 9.17) is 0 Å². The van der Waals surface area contributed by atoms with Crippen LogP contribution >= 0.6 is 0 Å². The highest BCUT2D eigenvalue weighted by atomic mass is 16.1. The predicted octanol–water partition coefficient (Wildman–Crippen LogP) is 0.477. The van der Waals surface area contributed by atoms with Crippen molar-refractivity contribution in [1.82, 2.24) is 19.3 Å². The topological polar surface area (TPSA) is 52.7 Å². The van der Waals surface area contributed by atoms with Gasteiger partial charge in [-0.25, -0.2) is 0 Å². The Kier molecular flexibility index (Phi) is 2.14. The van der Waals surface area contributed by atoms with Gasteiger partial charge in [0.15, 0.2) is 12.1 Å². The number of rotatable bonds is 3. The molecule has 0 saturated carbocycles. The Balaban J connectivity index is 2.18. The molecule has 0 unspecified atom stereocenters. The van der Waals surface area contributed by atoms with Crippen molar-refractivity contribution < 1.29 is 4.79 Å². The first-order valence-corrected chi connectivity index (χ1v) is 4.23. The average molecular weight is 190 g/mol. The van der Waals surface area contributed by atoms with Gasteiger partial charge >= 0.3 is 0 Å². The van der Waals surface area contributed by atoms with E-state index in [-0.39, 0.29) is 0 Å². The second-order valence-electron chi connectivity index (χ2n) is 3.09. The number of carbonyl (C=O) groups is 1. The van der Waals surface area contributed by atoms with Crippen molar-refractivity contribution in [2.24, 2.45) is 7.05 Å². The summed E-state index contributed by atoms with van der Waals surface area (Å²) in [5.74, 6) is 0.859. The van der Waals surface area contributed by atoms with E-state index in [0.717, 1.165) is 12.1 Å². The lowest BCUT2D eigenvalue weighted by Crippen LogP contribution is -2.03. The molecule has 0 saturated heterocycles. The second kappa shape index (κ2) is 3.45. The number of nitrogens with zero attached hydrogens (tertiary/aromatic N) is 4. The number of aldehydes is 1. The van der Waals surface area contributed by atoms with E-state index in [1.54, 1.807) is 18.6 Å². The summed E-state index contributed by atoms with van der Waals surface area (Å²) in [5.41, 5.74) is 0.673. The molecule has 5 nitrogen and oxygen atoms in total. The molecule has 0 fully saturated rings. The largest absolute Gasteiger partial charge is 0.346 e. The van der Waals surface area contributed by atoms with Crippen molar-refractivity contribution in [3.8, 4) is 0 Å². The molecule has 0 atom stereocenters. The quantitative estimate of drug-likeness (QED) is 0.661. The van der Waals surface area contributed by atoms with Crippen molar-refractivity contribution in [2.45, 2.75) is 6.54 Å². The van der Waals surface area contributed by atoms with Gasteiger partial charge in [0.1, 0.15) is 6.33 Å². The molecule has 0 aliphatic carbocycles. The van der Waals surface area contributed by atoms with Crippen LogP contribution in [0.25, 0.3) is 0 Å². The Morgan fingerprint density at radius 1 is 1.57 bits per heavy atom. The minimum absolute atomic E-state index is 0.629. The van der Waals surface area contributed by atoms with Crippen LogP contribution in [0.3, 0.4) is 0 Å². The van der Waals surface area contributed by atoms with Crippen molar-refractivity contribution in [3.63, 3.8) is 0 Å². The number of hydrogen-bond acceptors (Lipinski definition) is 3. The summed E-state index contributed by atoms with van der Waals surface area (Å²) >= 11 is 0. The summed E-state index contributed by atoms with van der Waals surface area (Å²) < 4.78 is 3.74. The fourth-order valence-corrected chi connectivity index (χ4v) is 1.24. The van der Waals surface area contributed by atoms with E-state index in [2.05, 4.69) is 10.2 Å². The van der Waals surface area contributed by atoms with Gasteiger partial charge in [0.25, 0.3) is 0 Å². The SMILES string of the molecule is Cn1cnnc1Cn1ccc(C=O)c1. The molecule has 0 aliphatic rings. The molecule has 0 aromatic carbocycles. The third kappa shape index (κ3) is 1.56. The minimum atomic E-state index is 0.629. The molecule has 2 aromatic rings. The molecule has 0 bridgehead atoms. The van der Waals surface area contributed by atoms with E-state index < -0.39 is 0 Å². The summed E-state index contributed by atoms with van der Waals surface area (Å²) in [6.07, 6.45) is 6.10. The van der Waals surface area contributed by atoms with Crippen LogP contribution in [0, 0.1) is 0 Å². The van der Waals surface area contributed by atoms with Gasteiger partial charge in [-0.3, -0.25) is 4.79 Å². The number of carbonyl (C=O) groups excluding carboxylic acids is 1. The third-order valence-electron chi connectivity index (χ3n) is 2.04. The molecule has 2 aromatic heterocycles. The lowest BCUT2D eigenvalue weighted by Gasteiger charge is -2.00. The van der Waals surface area contributed by atoms with E-state index in [0.29, 0.717) is 12.1 Å². The average Bonchev–Trinajstić information content (AvgIpc) is 2.77. The number of aryl methyl sites for hydroxylation is 1. The molecule has 2 rings (SSSR count). The first-order valence-electron chi connectivity index (χ1n) is 4.23. The van der Waals surface area contributed by atoms with Gasteiger partial charge in [-0.1, -0.05) is 0 Å². The fraction of sp³-hybridized carbons (Fsp3) is 0.222. The van der Waals surface area contributed by atoms with Crippen LogP contribution in [0.1, 0.15) is 16.2 Å². The molecule has 72 valence electrons. The molecule has 0 amide bonds. The Morgan fingerprint density at radius 2 is 2.43 bits per heavy atom. The maximum Gasteiger partial charge on any atom is 0.152 e. The van der Waals surface area contributed by atoms with Gasteiger partial charge in [-0.2, -0.15) is 0 Å². The highest BCUT2D eigenvalue weighted by molar-refractivity contribution is 5.74. The van der Waals surface area contributed by atoms with Gasteiger partial charge in [-0.15, -0.1) is 10.2 Å². The number of aromatic nitrogens is 4. The van der Waals surface area contributed by atoms with E-state index in [9.17, 15) is 4.79 Å². The fourth-order valence-electron chi connectivity index (χ4n) is 1.24. The van der Waals surface area contributed by atoms with Gasteiger partial charge in [0.05, 0.1) is 6.54 Å². The summed E-state index contributed by atoms with van der Waals surface area (Å²) in [4.78, 5) is 10.4. The van der Waals surface area contributed by atoms with E-state index >= 15 is 0 Å². The monoisotopic (exact) mass is 190 g/mol. The molecule has 0 radical (unpaired) electrons. The summed E-state index contributed by atoms with van der Waals surface area (Å²) in [6, 6.07) is 1.77. The zero-order valence-electron chi connectivity index (χ0n) is 7.79. The smallest absolute Gasteiger partial charge is 0.152 e. The minimum Gasteiger partial charge on any atom is -0.346 e. The van der Waals surface area contributed by atoms with Crippen LogP contribution in [0.2, 0.25) is 0 Å². The molecule has 0 N–H and O–H groups in total. The van der Waals surface area contributed by atoms with Crippen molar-refractivity contribution in [3.05, 3.63) is 36.2 Å². The molecule has 2 heterocycles. The van der Waals surface area contributed by atoms with E-state index in [1.807, 2.05) is 22.4 Å². The van der Waals surface area contributed by atoms with Crippen LogP contribution in [0.15, 0.2) is 24.8 Å². The zero-order chi connectivity index (χ0) is 9.97. The zero-order valence-corrected chi connectivity index (χ0v) is 7.79. The highest BCUT2D eigenvalue weighted by Gasteiger charge is 2.01. The van der Waals surface area contributed by atoms with Crippen LogP contribution in [-0.4, -0.2) is 25.6 Å². The Bertz CT molecular complexity index is 443.